The predicted molar refractivity (Wildman–Crippen MR) is 81.4 cm³/mol. The molecule has 2 atom stereocenters. The third-order valence-corrected chi connectivity index (χ3v) is 4.51. The third-order valence-electron chi connectivity index (χ3n) is 3.70. The number of carbonyl (C=O) groups is 1. The van der Waals surface area contributed by atoms with Gasteiger partial charge in [0.1, 0.15) is 0 Å². The minimum absolute atomic E-state index is 0.108. The number of hydrogen-bond donors (Lipinski definition) is 2. The van der Waals surface area contributed by atoms with Crippen molar-refractivity contribution in [1.82, 2.24) is 5.32 Å². The van der Waals surface area contributed by atoms with Crippen molar-refractivity contribution in [2.45, 2.75) is 31.7 Å². The van der Waals surface area contributed by atoms with Crippen molar-refractivity contribution in [1.29, 1.82) is 0 Å². The zero-order chi connectivity index (χ0) is 13.8. The van der Waals surface area contributed by atoms with Gasteiger partial charge in [0.15, 0.2) is 0 Å². The van der Waals surface area contributed by atoms with E-state index in [-0.39, 0.29) is 11.9 Å². The first kappa shape index (κ1) is 14.8. The molecule has 1 aromatic carbocycles. The summed E-state index contributed by atoms with van der Waals surface area (Å²) in [7, 11) is 0. The third kappa shape index (κ3) is 3.71. The van der Waals surface area contributed by atoms with E-state index in [1.165, 1.54) is 6.42 Å². The number of amides is 1. The molecule has 0 aliphatic heterocycles. The Morgan fingerprint density at radius 2 is 2.16 bits per heavy atom. The summed E-state index contributed by atoms with van der Waals surface area (Å²) in [6.07, 6.45) is 4.44. The van der Waals surface area contributed by atoms with Gasteiger partial charge in [0.2, 0.25) is 0 Å². The Morgan fingerprint density at radius 3 is 2.84 bits per heavy atom. The monoisotopic (exact) mass is 344 g/mol. The minimum atomic E-state index is -0.108. The van der Waals surface area contributed by atoms with Gasteiger partial charge in [-0.25, -0.2) is 0 Å². The van der Waals surface area contributed by atoms with Gasteiger partial charge in [-0.05, 0) is 43.5 Å². The second-order valence-corrected chi connectivity index (χ2v) is 6.31. The molecule has 5 heteroatoms. The van der Waals surface area contributed by atoms with Crippen LogP contribution < -0.4 is 11.1 Å². The van der Waals surface area contributed by atoms with E-state index >= 15 is 0 Å². The van der Waals surface area contributed by atoms with Gasteiger partial charge in [-0.2, -0.15) is 0 Å². The highest BCUT2D eigenvalue weighted by molar-refractivity contribution is 9.10. The molecule has 2 rings (SSSR count). The van der Waals surface area contributed by atoms with Gasteiger partial charge in [-0.3, -0.25) is 4.79 Å². The molecule has 0 aromatic heterocycles. The molecule has 19 heavy (non-hydrogen) atoms. The molecule has 0 saturated heterocycles. The molecule has 1 aliphatic rings. The van der Waals surface area contributed by atoms with Crippen LogP contribution in [0.5, 0.6) is 0 Å². The van der Waals surface area contributed by atoms with E-state index < -0.39 is 0 Å². The number of hydrogen-bond acceptors (Lipinski definition) is 2. The normalized spacial score (nSPS) is 23.1. The van der Waals surface area contributed by atoms with Gasteiger partial charge in [0, 0.05) is 10.5 Å². The molecule has 0 spiro atoms. The van der Waals surface area contributed by atoms with E-state index in [4.69, 9.17) is 17.3 Å². The summed E-state index contributed by atoms with van der Waals surface area (Å²) in [5.41, 5.74) is 6.29. The predicted octanol–water partition coefficient (Wildman–Crippen LogP) is 3.35. The number of halogens is 2. The maximum atomic E-state index is 12.3. The highest BCUT2D eigenvalue weighted by atomic mass is 79.9. The summed E-state index contributed by atoms with van der Waals surface area (Å²) in [6.45, 7) is 0.624. The van der Waals surface area contributed by atoms with Gasteiger partial charge < -0.3 is 11.1 Å². The Morgan fingerprint density at radius 1 is 1.42 bits per heavy atom. The van der Waals surface area contributed by atoms with Crippen LogP contribution in [0.4, 0.5) is 0 Å². The second-order valence-electron chi connectivity index (χ2n) is 4.98. The number of benzene rings is 1. The number of nitrogens with one attached hydrogen (secondary N) is 1. The molecule has 0 heterocycles. The van der Waals surface area contributed by atoms with Crippen LogP contribution in [0.2, 0.25) is 5.02 Å². The molecule has 0 radical (unpaired) electrons. The number of rotatable bonds is 3. The molecule has 1 aromatic rings. The van der Waals surface area contributed by atoms with E-state index in [0.29, 0.717) is 23.0 Å². The number of carbonyl (C=O) groups excluding carboxylic acids is 1. The highest BCUT2D eigenvalue weighted by Gasteiger charge is 2.26. The molecule has 3 nitrogen and oxygen atoms in total. The van der Waals surface area contributed by atoms with Crippen molar-refractivity contribution >= 4 is 33.4 Å². The van der Waals surface area contributed by atoms with Crippen LogP contribution in [0.15, 0.2) is 22.7 Å². The average molecular weight is 346 g/mol. The van der Waals surface area contributed by atoms with Gasteiger partial charge >= 0.3 is 0 Å². The van der Waals surface area contributed by atoms with Crippen molar-refractivity contribution in [3.05, 3.63) is 33.3 Å². The topological polar surface area (TPSA) is 55.1 Å². The molecule has 0 bridgehead atoms. The zero-order valence-electron chi connectivity index (χ0n) is 10.7. The fraction of sp³-hybridized carbons (Fsp3) is 0.500. The van der Waals surface area contributed by atoms with Crippen LogP contribution in [-0.4, -0.2) is 18.5 Å². The highest BCUT2D eigenvalue weighted by Crippen LogP contribution is 2.25. The van der Waals surface area contributed by atoms with Crippen LogP contribution in [0, 0.1) is 5.92 Å². The van der Waals surface area contributed by atoms with Gasteiger partial charge in [-0.1, -0.05) is 40.4 Å². The molecular formula is C14H18BrClN2O. The van der Waals surface area contributed by atoms with Crippen molar-refractivity contribution < 1.29 is 4.79 Å². The summed E-state index contributed by atoms with van der Waals surface area (Å²) < 4.78 is 0.867. The quantitative estimate of drug-likeness (QED) is 0.882. The first-order valence-corrected chi connectivity index (χ1v) is 7.75. The SMILES string of the molecule is NCC1CCCCC1NC(=O)c1ccc(Br)cc1Cl. The van der Waals surface area contributed by atoms with Crippen LogP contribution in [0.25, 0.3) is 0 Å². The molecule has 1 amide bonds. The molecule has 1 aliphatic carbocycles. The standard InChI is InChI=1S/C14H18BrClN2O/c15-10-5-6-11(12(16)7-10)14(19)18-13-4-2-1-3-9(13)8-17/h5-7,9,13H,1-4,8,17H2,(H,18,19). The lowest BCUT2D eigenvalue weighted by molar-refractivity contribution is 0.0908. The van der Waals surface area contributed by atoms with E-state index in [1.54, 1.807) is 12.1 Å². The molecular weight excluding hydrogens is 328 g/mol. The Kier molecular flexibility index (Phi) is 5.25. The van der Waals surface area contributed by atoms with Gasteiger partial charge in [0.05, 0.1) is 10.6 Å². The average Bonchev–Trinajstić information content (AvgIpc) is 2.39. The first-order valence-electron chi connectivity index (χ1n) is 6.58. The summed E-state index contributed by atoms with van der Waals surface area (Å²) in [5, 5.41) is 3.54. The largest absolute Gasteiger partial charge is 0.349 e. The minimum Gasteiger partial charge on any atom is -0.349 e. The van der Waals surface area contributed by atoms with Crippen LogP contribution >= 0.6 is 27.5 Å². The Bertz CT molecular complexity index is 467. The van der Waals surface area contributed by atoms with Crippen LogP contribution in [0.3, 0.4) is 0 Å². The van der Waals surface area contributed by atoms with Crippen molar-refractivity contribution in [2.75, 3.05) is 6.54 Å². The lowest BCUT2D eigenvalue weighted by Crippen LogP contribution is -2.44. The van der Waals surface area contributed by atoms with Gasteiger partial charge in [0.25, 0.3) is 5.91 Å². The fourth-order valence-corrected chi connectivity index (χ4v) is 3.36. The summed E-state index contributed by atoms with van der Waals surface area (Å²) in [5.74, 6) is 0.273. The molecule has 3 N–H and O–H groups in total. The van der Waals surface area contributed by atoms with E-state index in [2.05, 4.69) is 21.2 Å². The second kappa shape index (κ2) is 6.73. The Hall–Kier alpha value is -0.580. The van der Waals surface area contributed by atoms with Gasteiger partial charge in [-0.15, -0.1) is 0 Å². The maximum absolute atomic E-state index is 12.3. The first-order chi connectivity index (χ1) is 9.11. The smallest absolute Gasteiger partial charge is 0.253 e. The Balaban J connectivity index is 2.07. The maximum Gasteiger partial charge on any atom is 0.253 e. The zero-order valence-corrected chi connectivity index (χ0v) is 13.0. The van der Waals surface area contributed by atoms with Crippen LogP contribution in [0.1, 0.15) is 36.0 Å². The van der Waals surface area contributed by atoms with E-state index in [1.807, 2.05) is 6.07 Å². The van der Waals surface area contributed by atoms with Crippen molar-refractivity contribution in [3.8, 4) is 0 Å². The summed E-state index contributed by atoms with van der Waals surface area (Å²) >= 11 is 9.43. The molecule has 1 saturated carbocycles. The summed E-state index contributed by atoms with van der Waals surface area (Å²) in [6, 6.07) is 5.47. The van der Waals surface area contributed by atoms with Crippen molar-refractivity contribution in [2.24, 2.45) is 11.7 Å². The van der Waals surface area contributed by atoms with Crippen molar-refractivity contribution in [3.63, 3.8) is 0 Å². The lowest BCUT2D eigenvalue weighted by Gasteiger charge is -2.31. The fourth-order valence-electron chi connectivity index (χ4n) is 2.60. The Labute approximate surface area is 127 Å². The lowest BCUT2D eigenvalue weighted by atomic mass is 9.84. The van der Waals surface area contributed by atoms with Crippen LogP contribution in [-0.2, 0) is 0 Å². The molecule has 104 valence electrons. The van der Waals surface area contributed by atoms with E-state index in [9.17, 15) is 4.79 Å². The molecule has 2 unspecified atom stereocenters. The van der Waals surface area contributed by atoms with E-state index in [0.717, 1.165) is 23.7 Å². The molecule has 1 fully saturated rings. The number of nitrogens with two attached hydrogens (primary N) is 1. The summed E-state index contributed by atoms with van der Waals surface area (Å²) in [4.78, 5) is 12.3.